The molecule has 1 heterocycles. The third-order valence-electron chi connectivity index (χ3n) is 3.26. The van der Waals surface area contributed by atoms with Crippen LogP contribution >= 0.6 is 0 Å². The van der Waals surface area contributed by atoms with E-state index in [0.717, 1.165) is 5.92 Å². The standard InChI is InChI=1S/C14H29BN2/c1-12(2)11-15-16(13(3,4)5)9-10-17(15)14(6,7)8/h9-10,12H,11H2,1-8H3. The van der Waals surface area contributed by atoms with Crippen LogP contribution < -0.4 is 0 Å². The molecular formula is C14H29BN2. The molecule has 3 heteroatoms. The van der Waals surface area contributed by atoms with Crippen molar-refractivity contribution in [1.29, 1.82) is 0 Å². The second-order valence-electron chi connectivity index (χ2n) is 7.56. The van der Waals surface area contributed by atoms with E-state index in [1.165, 1.54) is 6.32 Å². The summed E-state index contributed by atoms with van der Waals surface area (Å²) in [6, 6.07) is 0. The molecule has 0 saturated carbocycles. The fourth-order valence-electron chi connectivity index (χ4n) is 2.47. The van der Waals surface area contributed by atoms with Crippen molar-refractivity contribution >= 4 is 6.98 Å². The van der Waals surface area contributed by atoms with Gasteiger partial charge in [0.2, 0.25) is 0 Å². The third kappa shape index (κ3) is 3.43. The molecule has 0 saturated heterocycles. The third-order valence-corrected chi connectivity index (χ3v) is 3.26. The number of rotatable bonds is 2. The maximum atomic E-state index is 2.50. The van der Waals surface area contributed by atoms with Gasteiger partial charge in [0.15, 0.2) is 0 Å². The predicted octanol–water partition coefficient (Wildman–Crippen LogP) is 3.82. The molecule has 0 spiro atoms. The minimum Gasteiger partial charge on any atom is -0.396 e. The highest BCUT2D eigenvalue weighted by atomic mass is 15.3. The molecule has 0 amide bonds. The second kappa shape index (κ2) is 4.58. The van der Waals surface area contributed by atoms with Gasteiger partial charge in [-0.15, -0.1) is 0 Å². The molecule has 2 nitrogen and oxygen atoms in total. The fourth-order valence-corrected chi connectivity index (χ4v) is 2.47. The van der Waals surface area contributed by atoms with Gasteiger partial charge in [-0.25, -0.2) is 0 Å². The van der Waals surface area contributed by atoms with Crippen molar-refractivity contribution in [3.05, 3.63) is 12.4 Å². The van der Waals surface area contributed by atoms with Crippen LogP contribution in [0, 0.1) is 5.92 Å². The van der Waals surface area contributed by atoms with Crippen LogP contribution in [0.4, 0.5) is 0 Å². The molecule has 17 heavy (non-hydrogen) atoms. The van der Waals surface area contributed by atoms with Gasteiger partial charge in [0.1, 0.15) is 0 Å². The first kappa shape index (κ1) is 14.5. The van der Waals surface area contributed by atoms with Crippen LogP contribution in [0.5, 0.6) is 0 Å². The lowest BCUT2D eigenvalue weighted by Gasteiger charge is -2.43. The van der Waals surface area contributed by atoms with Crippen LogP contribution in [0.1, 0.15) is 55.4 Å². The highest BCUT2D eigenvalue weighted by Crippen LogP contribution is 2.31. The van der Waals surface area contributed by atoms with E-state index < -0.39 is 0 Å². The van der Waals surface area contributed by atoms with Crippen LogP contribution in [0.3, 0.4) is 0 Å². The number of nitrogens with zero attached hydrogens (tertiary/aromatic N) is 2. The van der Waals surface area contributed by atoms with E-state index in [0.29, 0.717) is 6.98 Å². The molecule has 0 N–H and O–H groups in total. The van der Waals surface area contributed by atoms with Crippen molar-refractivity contribution < 1.29 is 0 Å². The van der Waals surface area contributed by atoms with Crippen LogP contribution in [-0.2, 0) is 0 Å². The van der Waals surface area contributed by atoms with Crippen LogP contribution in [0.2, 0.25) is 6.32 Å². The normalized spacial score (nSPS) is 17.6. The van der Waals surface area contributed by atoms with Gasteiger partial charge in [0.05, 0.1) is 0 Å². The Bertz CT molecular complexity index is 260. The summed E-state index contributed by atoms with van der Waals surface area (Å²) < 4.78 is 0. The maximum absolute atomic E-state index is 2.50. The molecule has 0 fully saturated rings. The molecule has 0 aromatic rings. The van der Waals surface area contributed by atoms with Crippen molar-refractivity contribution in [1.82, 2.24) is 9.62 Å². The van der Waals surface area contributed by atoms with Gasteiger partial charge >= 0.3 is 6.98 Å². The van der Waals surface area contributed by atoms with Crippen molar-refractivity contribution in [2.75, 3.05) is 0 Å². The molecule has 0 unspecified atom stereocenters. The monoisotopic (exact) mass is 236 g/mol. The molecule has 0 radical (unpaired) electrons. The zero-order valence-corrected chi connectivity index (χ0v) is 12.9. The highest BCUT2D eigenvalue weighted by molar-refractivity contribution is 6.54. The van der Waals surface area contributed by atoms with E-state index in [1.807, 2.05) is 0 Å². The van der Waals surface area contributed by atoms with Crippen molar-refractivity contribution in [3.63, 3.8) is 0 Å². The molecular weight excluding hydrogens is 207 g/mol. The van der Waals surface area contributed by atoms with E-state index in [2.05, 4.69) is 77.4 Å². The number of hydrogen-bond acceptors (Lipinski definition) is 2. The van der Waals surface area contributed by atoms with E-state index in [1.54, 1.807) is 0 Å². The van der Waals surface area contributed by atoms with Gasteiger partial charge in [0.25, 0.3) is 0 Å². The molecule has 0 bridgehead atoms. The maximum Gasteiger partial charge on any atom is 0.375 e. The Hall–Kier alpha value is -0.595. The summed E-state index contributed by atoms with van der Waals surface area (Å²) in [4.78, 5) is 5.00. The minimum absolute atomic E-state index is 0.191. The van der Waals surface area contributed by atoms with Gasteiger partial charge in [-0.1, -0.05) is 13.8 Å². The van der Waals surface area contributed by atoms with Gasteiger partial charge in [-0.05, 0) is 53.8 Å². The minimum atomic E-state index is 0.191. The Morgan fingerprint density at radius 2 is 1.24 bits per heavy atom. The average molecular weight is 236 g/mol. The molecule has 0 atom stereocenters. The highest BCUT2D eigenvalue weighted by Gasteiger charge is 2.41. The fraction of sp³-hybridized carbons (Fsp3) is 0.857. The summed E-state index contributed by atoms with van der Waals surface area (Å²) >= 11 is 0. The zero-order chi connectivity index (χ0) is 13.4. The molecule has 0 aliphatic carbocycles. The summed E-state index contributed by atoms with van der Waals surface area (Å²) in [5.74, 6) is 0.717. The van der Waals surface area contributed by atoms with Gasteiger partial charge in [-0.3, -0.25) is 0 Å². The van der Waals surface area contributed by atoms with Crippen molar-refractivity contribution in [2.45, 2.75) is 72.8 Å². The second-order valence-corrected chi connectivity index (χ2v) is 7.56. The van der Waals surface area contributed by atoms with Crippen LogP contribution in [-0.4, -0.2) is 27.7 Å². The van der Waals surface area contributed by atoms with Gasteiger partial charge in [-0.2, -0.15) is 0 Å². The SMILES string of the molecule is CC(C)CB1N(C(C)(C)C)C=CN1C(C)(C)C. The van der Waals surface area contributed by atoms with E-state index in [-0.39, 0.29) is 11.1 Å². The molecule has 1 aliphatic heterocycles. The molecule has 98 valence electrons. The van der Waals surface area contributed by atoms with Crippen molar-refractivity contribution in [2.24, 2.45) is 5.92 Å². The largest absolute Gasteiger partial charge is 0.396 e. The van der Waals surface area contributed by atoms with E-state index in [9.17, 15) is 0 Å². The molecule has 1 rings (SSSR count). The Kier molecular flexibility index (Phi) is 3.90. The number of hydrogen-bond donors (Lipinski definition) is 0. The summed E-state index contributed by atoms with van der Waals surface area (Å²) in [5, 5.41) is 0. The van der Waals surface area contributed by atoms with Crippen molar-refractivity contribution in [3.8, 4) is 0 Å². The van der Waals surface area contributed by atoms with Gasteiger partial charge in [0, 0.05) is 23.5 Å². The summed E-state index contributed by atoms with van der Waals surface area (Å²) in [6.07, 6.45) is 5.73. The summed E-state index contributed by atoms with van der Waals surface area (Å²) in [7, 11) is 0. The van der Waals surface area contributed by atoms with Gasteiger partial charge < -0.3 is 9.62 Å². The lowest BCUT2D eigenvalue weighted by atomic mass is 9.62. The average Bonchev–Trinajstić information content (AvgIpc) is 2.43. The summed E-state index contributed by atoms with van der Waals surface area (Å²) in [6.45, 7) is 18.8. The zero-order valence-electron chi connectivity index (χ0n) is 12.9. The first-order valence-electron chi connectivity index (χ1n) is 6.78. The lowest BCUT2D eigenvalue weighted by molar-refractivity contribution is 0.276. The van der Waals surface area contributed by atoms with Crippen LogP contribution in [0.15, 0.2) is 12.4 Å². The molecule has 0 aromatic heterocycles. The predicted molar refractivity (Wildman–Crippen MR) is 77.7 cm³/mol. The van der Waals surface area contributed by atoms with E-state index >= 15 is 0 Å². The van der Waals surface area contributed by atoms with E-state index in [4.69, 9.17) is 0 Å². The molecule has 1 aliphatic rings. The quantitative estimate of drug-likeness (QED) is 0.672. The summed E-state index contributed by atoms with van der Waals surface area (Å²) in [5.41, 5.74) is 0.381. The molecule has 0 aromatic carbocycles. The Morgan fingerprint density at radius 3 is 1.47 bits per heavy atom. The first-order chi connectivity index (χ1) is 7.53. The Labute approximate surface area is 108 Å². The Morgan fingerprint density at radius 1 is 0.882 bits per heavy atom. The van der Waals surface area contributed by atoms with Crippen LogP contribution in [0.25, 0.3) is 0 Å². The smallest absolute Gasteiger partial charge is 0.375 e. The lowest BCUT2D eigenvalue weighted by Crippen LogP contribution is -2.56. The Balaban J connectivity index is 2.94. The topological polar surface area (TPSA) is 6.48 Å². The first-order valence-corrected chi connectivity index (χ1v) is 6.78.